The van der Waals surface area contributed by atoms with E-state index in [1.54, 1.807) is 11.3 Å². The first-order valence-corrected chi connectivity index (χ1v) is 8.94. The standard InChI is InChI=1S/C16H22N4O2S/c1-9(2)15-19-14(22-20-15)7-6-13(21)18-16-17-11-5-4-10(3)8-12(11)23-16/h9-10H,4-8H2,1-3H3,(H,17,18,21)/t10-/m1/s1. The van der Waals surface area contributed by atoms with Gasteiger partial charge in [0.15, 0.2) is 11.0 Å². The van der Waals surface area contributed by atoms with E-state index in [1.165, 1.54) is 11.3 Å². The van der Waals surface area contributed by atoms with E-state index in [0.29, 0.717) is 35.6 Å². The summed E-state index contributed by atoms with van der Waals surface area (Å²) in [6, 6.07) is 0. The lowest BCUT2D eigenvalue weighted by atomic mass is 9.93. The maximum Gasteiger partial charge on any atom is 0.227 e. The van der Waals surface area contributed by atoms with E-state index in [4.69, 9.17) is 4.52 Å². The van der Waals surface area contributed by atoms with Gasteiger partial charge in [0.2, 0.25) is 11.8 Å². The second kappa shape index (κ2) is 6.78. The molecule has 0 unspecified atom stereocenters. The minimum Gasteiger partial charge on any atom is -0.339 e. The van der Waals surface area contributed by atoms with Crippen molar-refractivity contribution in [1.82, 2.24) is 15.1 Å². The average molecular weight is 334 g/mol. The summed E-state index contributed by atoms with van der Waals surface area (Å²) >= 11 is 1.60. The van der Waals surface area contributed by atoms with Crippen LogP contribution in [0.5, 0.6) is 0 Å². The van der Waals surface area contributed by atoms with Crippen LogP contribution in [0.1, 0.15) is 61.8 Å². The van der Waals surface area contributed by atoms with Crippen LogP contribution < -0.4 is 5.32 Å². The molecule has 6 nitrogen and oxygen atoms in total. The molecule has 3 rings (SSSR count). The Balaban J connectivity index is 1.53. The molecule has 1 atom stereocenters. The molecule has 2 aromatic heterocycles. The number of thiazole rings is 1. The van der Waals surface area contributed by atoms with Gasteiger partial charge in [-0.25, -0.2) is 4.98 Å². The molecule has 1 aliphatic rings. The van der Waals surface area contributed by atoms with Crippen molar-refractivity contribution < 1.29 is 9.32 Å². The summed E-state index contributed by atoms with van der Waals surface area (Å²) in [5.41, 5.74) is 1.15. The number of hydrogen-bond acceptors (Lipinski definition) is 6. The van der Waals surface area contributed by atoms with Gasteiger partial charge < -0.3 is 9.84 Å². The molecule has 0 aliphatic heterocycles. The average Bonchev–Trinajstić information content (AvgIpc) is 3.10. The van der Waals surface area contributed by atoms with E-state index in [-0.39, 0.29) is 11.8 Å². The largest absolute Gasteiger partial charge is 0.339 e. The second-order valence-electron chi connectivity index (χ2n) is 6.49. The number of hydrogen-bond donors (Lipinski definition) is 1. The fourth-order valence-corrected chi connectivity index (χ4v) is 3.79. The third kappa shape index (κ3) is 3.96. The fourth-order valence-electron chi connectivity index (χ4n) is 2.60. The lowest BCUT2D eigenvalue weighted by Crippen LogP contribution is -2.12. The first-order chi connectivity index (χ1) is 11.0. The fraction of sp³-hybridized carbons (Fsp3) is 0.625. The minimum absolute atomic E-state index is 0.0616. The third-order valence-electron chi connectivity index (χ3n) is 4.00. The molecule has 1 N–H and O–H groups in total. The smallest absolute Gasteiger partial charge is 0.227 e. The van der Waals surface area contributed by atoms with Gasteiger partial charge in [-0.1, -0.05) is 25.9 Å². The van der Waals surface area contributed by atoms with Crippen molar-refractivity contribution in [3.63, 3.8) is 0 Å². The summed E-state index contributed by atoms with van der Waals surface area (Å²) in [7, 11) is 0. The molecule has 1 amide bonds. The Morgan fingerprint density at radius 2 is 2.26 bits per heavy atom. The highest BCUT2D eigenvalue weighted by Crippen LogP contribution is 2.32. The van der Waals surface area contributed by atoms with E-state index in [0.717, 1.165) is 18.5 Å². The monoisotopic (exact) mass is 334 g/mol. The van der Waals surface area contributed by atoms with Gasteiger partial charge in [0.25, 0.3) is 0 Å². The molecule has 1 aliphatic carbocycles. The van der Waals surface area contributed by atoms with Crippen LogP contribution in [0.15, 0.2) is 4.52 Å². The van der Waals surface area contributed by atoms with Crippen LogP contribution in [0.3, 0.4) is 0 Å². The molecule has 0 bridgehead atoms. The molecule has 0 spiro atoms. The number of fused-ring (bicyclic) bond motifs is 1. The lowest BCUT2D eigenvalue weighted by molar-refractivity contribution is -0.116. The van der Waals surface area contributed by atoms with Crippen LogP contribution in [0.2, 0.25) is 0 Å². The topological polar surface area (TPSA) is 80.9 Å². The van der Waals surface area contributed by atoms with Crippen molar-refractivity contribution in [3.05, 3.63) is 22.3 Å². The first kappa shape index (κ1) is 16.1. The van der Waals surface area contributed by atoms with Crippen molar-refractivity contribution in [2.75, 3.05) is 5.32 Å². The van der Waals surface area contributed by atoms with Crippen molar-refractivity contribution in [1.29, 1.82) is 0 Å². The number of anilines is 1. The number of carbonyl (C=O) groups is 1. The molecular formula is C16H22N4O2S. The van der Waals surface area contributed by atoms with Crippen LogP contribution in [0.4, 0.5) is 5.13 Å². The van der Waals surface area contributed by atoms with Gasteiger partial charge in [-0.05, 0) is 25.2 Å². The molecule has 124 valence electrons. The maximum absolute atomic E-state index is 12.1. The Morgan fingerprint density at radius 1 is 1.43 bits per heavy atom. The van der Waals surface area contributed by atoms with Crippen molar-refractivity contribution in [3.8, 4) is 0 Å². The van der Waals surface area contributed by atoms with Gasteiger partial charge in [0.05, 0.1) is 5.69 Å². The van der Waals surface area contributed by atoms with E-state index in [9.17, 15) is 4.79 Å². The summed E-state index contributed by atoms with van der Waals surface area (Å²) in [5, 5.41) is 7.50. The Kier molecular flexibility index (Phi) is 4.75. The minimum atomic E-state index is -0.0616. The number of aryl methyl sites for hydroxylation is 2. The number of nitrogens with zero attached hydrogens (tertiary/aromatic N) is 3. The molecule has 2 heterocycles. The van der Waals surface area contributed by atoms with E-state index < -0.39 is 0 Å². The summed E-state index contributed by atoms with van der Waals surface area (Å²) in [5.74, 6) is 2.07. The van der Waals surface area contributed by atoms with Crippen molar-refractivity contribution >= 4 is 22.4 Å². The van der Waals surface area contributed by atoms with Gasteiger partial charge in [0, 0.05) is 23.6 Å². The summed E-state index contributed by atoms with van der Waals surface area (Å²) in [6.07, 6.45) is 4.04. The molecule has 0 aromatic carbocycles. The lowest BCUT2D eigenvalue weighted by Gasteiger charge is -2.15. The van der Waals surface area contributed by atoms with Gasteiger partial charge in [-0.3, -0.25) is 4.79 Å². The SMILES string of the molecule is CC(C)c1noc(CCC(=O)Nc2nc3c(s2)C[C@H](C)CC3)n1. The Hall–Kier alpha value is -1.76. The quantitative estimate of drug-likeness (QED) is 0.907. The molecule has 0 radical (unpaired) electrons. The van der Waals surface area contributed by atoms with E-state index in [2.05, 4.69) is 27.4 Å². The first-order valence-electron chi connectivity index (χ1n) is 8.12. The normalized spacial score (nSPS) is 17.3. The zero-order valence-electron chi connectivity index (χ0n) is 13.8. The number of nitrogens with one attached hydrogen (secondary N) is 1. The molecule has 23 heavy (non-hydrogen) atoms. The van der Waals surface area contributed by atoms with Crippen LogP contribution >= 0.6 is 11.3 Å². The van der Waals surface area contributed by atoms with Gasteiger partial charge in [-0.2, -0.15) is 4.98 Å². The highest BCUT2D eigenvalue weighted by atomic mass is 32.1. The number of amides is 1. The molecule has 7 heteroatoms. The molecule has 0 saturated carbocycles. The van der Waals surface area contributed by atoms with Crippen molar-refractivity contribution in [2.24, 2.45) is 5.92 Å². The van der Waals surface area contributed by atoms with E-state index in [1.807, 2.05) is 13.8 Å². The predicted octanol–water partition coefficient (Wildman–Crippen LogP) is 3.35. The van der Waals surface area contributed by atoms with Gasteiger partial charge in [-0.15, -0.1) is 11.3 Å². The number of carbonyl (C=O) groups excluding carboxylic acids is 1. The Bertz CT molecular complexity index is 692. The predicted molar refractivity (Wildman–Crippen MR) is 88.6 cm³/mol. The highest BCUT2D eigenvalue weighted by Gasteiger charge is 2.20. The van der Waals surface area contributed by atoms with Crippen LogP contribution in [-0.2, 0) is 24.1 Å². The highest BCUT2D eigenvalue weighted by molar-refractivity contribution is 7.15. The van der Waals surface area contributed by atoms with Gasteiger partial charge >= 0.3 is 0 Å². The van der Waals surface area contributed by atoms with Gasteiger partial charge in [0.1, 0.15) is 0 Å². The number of rotatable bonds is 5. The van der Waals surface area contributed by atoms with Crippen molar-refractivity contribution in [2.45, 2.75) is 58.8 Å². The molecule has 2 aromatic rings. The summed E-state index contributed by atoms with van der Waals surface area (Å²) in [4.78, 5) is 22.2. The number of aromatic nitrogens is 3. The van der Waals surface area contributed by atoms with Crippen LogP contribution in [-0.4, -0.2) is 21.0 Å². The van der Waals surface area contributed by atoms with Crippen LogP contribution in [0.25, 0.3) is 0 Å². The molecule has 0 fully saturated rings. The molecular weight excluding hydrogens is 312 g/mol. The molecule has 0 saturated heterocycles. The Labute approximate surface area is 139 Å². The van der Waals surface area contributed by atoms with Crippen LogP contribution in [0, 0.1) is 5.92 Å². The second-order valence-corrected chi connectivity index (χ2v) is 7.57. The Morgan fingerprint density at radius 3 is 3.00 bits per heavy atom. The zero-order chi connectivity index (χ0) is 16.4. The summed E-state index contributed by atoms with van der Waals surface area (Å²) < 4.78 is 5.15. The van der Waals surface area contributed by atoms with E-state index >= 15 is 0 Å². The third-order valence-corrected chi connectivity index (χ3v) is 5.03. The maximum atomic E-state index is 12.1. The zero-order valence-corrected chi connectivity index (χ0v) is 14.6. The summed E-state index contributed by atoms with van der Waals surface area (Å²) in [6.45, 7) is 6.27.